The van der Waals surface area contributed by atoms with Gasteiger partial charge in [0.25, 0.3) is 0 Å². The number of nitrogens with two attached hydrogens (primary N) is 1. The highest BCUT2D eigenvalue weighted by atomic mass is 16.5. The molecule has 0 aromatic rings. The van der Waals surface area contributed by atoms with Gasteiger partial charge in [-0.15, -0.1) is 0 Å². The second-order valence-corrected chi connectivity index (χ2v) is 4.57. The van der Waals surface area contributed by atoms with Gasteiger partial charge in [-0.25, -0.2) is 0 Å². The van der Waals surface area contributed by atoms with E-state index in [0.29, 0.717) is 6.04 Å². The molecule has 3 heteroatoms. The molecule has 2 aliphatic rings. The van der Waals surface area contributed by atoms with Crippen LogP contribution in [0.25, 0.3) is 0 Å². The second-order valence-electron chi connectivity index (χ2n) is 4.57. The summed E-state index contributed by atoms with van der Waals surface area (Å²) in [6, 6.07) is 0.375. The fourth-order valence-corrected chi connectivity index (χ4v) is 3.26. The minimum Gasteiger partial charge on any atom is -0.383 e. The first-order chi connectivity index (χ1) is 6.35. The minimum atomic E-state index is 0.375. The van der Waals surface area contributed by atoms with Gasteiger partial charge in [-0.3, -0.25) is 11.3 Å². The summed E-state index contributed by atoms with van der Waals surface area (Å²) in [5, 5.41) is 0. The Morgan fingerprint density at radius 1 is 1.46 bits per heavy atom. The molecule has 0 aliphatic heterocycles. The zero-order valence-corrected chi connectivity index (χ0v) is 8.33. The number of hydrogen-bond donors (Lipinski definition) is 2. The van der Waals surface area contributed by atoms with Crippen LogP contribution in [0.3, 0.4) is 0 Å². The van der Waals surface area contributed by atoms with Gasteiger partial charge >= 0.3 is 0 Å². The van der Waals surface area contributed by atoms with Gasteiger partial charge in [0.05, 0.1) is 6.61 Å². The van der Waals surface area contributed by atoms with Gasteiger partial charge < -0.3 is 4.74 Å². The van der Waals surface area contributed by atoms with E-state index in [4.69, 9.17) is 10.6 Å². The van der Waals surface area contributed by atoms with Crippen LogP contribution in [0, 0.1) is 17.8 Å². The van der Waals surface area contributed by atoms with Crippen molar-refractivity contribution in [3.63, 3.8) is 0 Å². The number of nitrogens with one attached hydrogen (secondary N) is 1. The van der Waals surface area contributed by atoms with Crippen LogP contribution in [0.15, 0.2) is 0 Å². The molecular weight excluding hydrogens is 164 g/mol. The molecule has 0 aromatic carbocycles. The topological polar surface area (TPSA) is 47.3 Å². The van der Waals surface area contributed by atoms with E-state index < -0.39 is 0 Å². The zero-order chi connectivity index (χ0) is 9.26. The average Bonchev–Trinajstić information content (AvgIpc) is 2.74. The Balaban J connectivity index is 1.92. The molecule has 2 fully saturated rings. The quantitative estimate of drug-likeness (QED) is 0.504. The highest BCUT2D eigenvalue weighted by Crippen LogP contribution is 2.49. The van der Waals surface area contributed by atoms with Gasteiger partial charge in [-0.05, 0) is 37.0 Å². The number of methoxy groups -OCH3 is 1. The van der Waals surface area contributed by atoms with Gasteiger partial charge in [-0.2, -0.15) is 0 Å². The molecule has 3 nitrogen and oxygen atoms in total. The number of fused-ring (bicyclic) bond motifs is 2. The standard InChI is InChI=1S/C10H20N2O/c1-13-6-10(12-11)9-5-7-2-3-8(9)4-7/h7-10,12H,2-6,11H2,1H3. The molecule has 4 unspecified atom stereocenters. The first-order valence-electron chi connectivity index (χ1n) is 5.30. The van der Waals surface area contributed by atoms with Crippen LogP contribution >= 0.6 is 0 Å². The third-order valence-electron chi connectivity index (χ3n) is 3.87. The largest absolute Gasteiger partial charge is 0.383 e. The highest BCUT2D eigenvalue weighted by Gasteiger charge is 2.42. The third-order valence-corrected chi connectivity index (χ3v) is 3.87. The summed E-state index contributed by atoms with van der Waals surface area (Å²) >= 11 is 0. The van der Waals surface area contributed by atoms with Crippen molar-refractivity contribution in [1.29, 1.82) is 0 Å². The van der Waals surface area contributed by atoms with Gasteiger partial charge in [0.15, 0.2) is 0 Å². The summed E-state index contributed by atoms with van der Waals surface area (Å²) in [6.45, 7) is 0.754. The molecule has 0 heterocycles. The third kappa shape index (κ3) is 1.73. The predicted octanol–water partition coefficient (Wildman–Crippen LogP) is 0.901. The van der Waals surface area contributed by atoms with E-state index in [2.05, 4.69) is 5.43 Å². The Morgan fingerprint density at radius 3 is 2.77 bits per heavy atom. The Bertz CT molecular complexity index is 174. The Kier molecular flexibility index (Phi) is 2.86. The lowest BCUT2D eigenvalue weighted by atomic mass is 9.84. The van der Waals surface area contributed by atoms with Gasteiger partial charge in [0.1, 0.15) is 0 Å². The SMILES string of the molecule is COCC(NN)C1CC2CCC1C2. The molecule has 2 saturated carbocycles. The maximum absolute atomic E-state index is 5.54. The van der Waals surface area contributed by atoms with E-state index in [1.165, 1.54) is 25.7 Å². The molecule has 0 amide bonds. The number of hydrogen-bond acceptors (Lipinski definition) is 3. The van der Waals surface area contributed by atoms with Crippen molar-refractivity contribution in [1.82, 2.24) is 5.43 Å². The maximum Gasteiger partial charge on any atom is 0.0632 e. The molecule has 0 saturated heterocycles. The lowest BCUT2D eigenvalue weighted by Crippen LogP contribution is -2.45. The van der Waals surface area contributed by atoms with Gasteiger partial charge in [0.2, 0.25) is 0 Å². The average molecular weight is 184 g/mol. The summed E-state index contributed by atoms with van der Waals surface area (Å²) < 4.78 is 5.17. The summed E-state index contributed by atoms with van der Waals surface area (Å²) in [7, 11) is 1.75. The van der Waals surface area contributed by atoms with Crippen LogP contribution in [0.5, 0.6) is 0 Å². The van der Waals surface area contributed by atoms with Crippen molar-refractivity contribution in [2.24, 2.45) is 23.6 Å². The lowest BCUT2D eigenvalue weighted by Gasteiger charge is -2.29. The lowest BCUT2D eigenvalue weighted by molar-refractivity contribution is 0.119. The van der Waals surface area contributed by atoms with Crippen LogP contribution in [0.1, 0.15) is 25.7 Å². The molecule has 0 aromatic heterocycles. The Labute approximate surface area is 80.0 Å². The molecule has 0 spiro atoms. The first kappa shape index (κ1) is 9.44. The van der Waals surface area contributed by atoms with E-state index in [1.807, 2.05) is 0 Å². The van der Waals surface area contributed by atoms with E-state index in [1.54, 1.807) is 7.11 Å². The molecule has 13 heavy (non-hydrogen) atoms. The van der Waals surface area contributed by atoms with E-state index >= 15 is 0 Å². The van der Waals surface area contributed by atoms with Crippen LogP contribution in [-0.2, 0) is 4.74 Å². The fourth-order valence-electron chi connectivity index (χ4n) is 3.26. The number of rotatable bonds is 4. The van der Waals surface area contributed by atoms with Crippen molar-refractivity contribution in [2.45, 2.75) is 31.7 Å². The summed E-state index contributed by atoms with van der Waals surface area (Å²) in [5.41, 5.74) is 2.90. The molecule has 2 rings (SSSR count). The fraction of sp³-hybridized carbons (Fsp3) is 1.00. The molecule has 2 bridgehead atoms. The summed E-state index contributed by atoms with van der Waals surface area (Å²) in [4.78, 5) is 0. The van der Waals surface area contributed by atoms with Crippen molar-refractivity contribution in [3.8, 4) is 0 Å². The number of ether oxygens (including phenoxy) is 1. The van der Waals surface area contributed by atoms with Gasteiger partial charge in [-0.1, -0.05) is 6.42 Å². The Morgan fingerprint density at radius 2 is 2.31 bits per heavy atom. The molecule has 76 valence electrons. The van der Waals surface area contributed by atoms with Crippen LogP contribution in [-0.4, -0.2) is 19.8 Å². The minimum absolute atomic E-state index is 0.375. The molecular formula is C10H20N2O. The van der Waals surface area contributed by atoms with Gasteiger partial charge in [0, 0.05) is 13.2 Å². The van der Waals surface area contributed by atoms with Crippen LogP contribution < -0.4 is 11.3 Å². The molecule has 3 N–H and O–H groups in total. The first-order valence-corrected chi connectivity index (χ1v) is 5.30. The molecule has 0 radical (unpaired) electrons. The molecule has 4 atom stereocenters. The van der Waals surface area contributed by atoms with Crippen molar-refractivity contribution in [2.75, 3.05) is 13.7 Å². The number of hydrazine groups is 1. The highest BCUT2D eigenvalue weighted by molar-refractivity contribution is 4.94. The normalized spacial score (nSPS) is 39.7. The van der Waals surface area contributed by atoms with Crippen molar-refractivity contribution < 1.29 is 4.74 Å². The van der Waals surface area contributed by atoms with Crippen LogP contribution in [0.2, 0.25) is 0 Å². The van der Waals surface area contributed by atoms with E-state index in [0.717, 1.165) is 24.4 Å². The predicted molar refractivity (Wildman–Crippen MR) is 51.9 cm³/mol. The van der Waals surface area contributed by atoms with E-state index in [9.17, 15) is 0 Å². The van der Waals surface area contributed by atoms with E-state index in [-0.39, 0.29) is 0 Å². The monoisotopic (exact) mass is 184 g/mol. The van der Waals surface area contributed by atoms with Crippen LogP contribution in [0.4, 0.5) is 0 Å². The summed E-state index contributed by atoms with van der Waals surface area (Å²) in [5.74, 6) is 8.21. The van der Waals surface area contributed by atoms with Crippen molar-refractivity contribution >= 4 is 0 Å². The molecule has 2 aliphatic carbocycles. The second kappa shape index (κ2) is 3.95. The maximum atomic E-state index is 5.54. The smallest absolute Gasteiger partial charge is 0.0632 e. The summed E-state index contributed by atoms with van der Waals surface area (Å²) in [6.07, 6.45) is 5.66. The van der Waals surface area contributed by atoms with Crippen molar-refractivity contribution in [3.05, 3.63) is 0 Å². The zero-order valence-electron chi connectivity index (χ0n) is 8.33. The Hall–Kier alpha value is -0.120.